The largest absolute Gasteiger partial charge is 0.493 e. The fourth-order valence-corrected chi connectivity index (χ4v) is 3.27. The summed E-state index contributed by atoms with van der Waals surface area (Å²) in [5, 5.41) is 6.41. The van der Waals surface area contributed by atoms with E-state index >= 15 is 0 Å². The topological polar surface area (TPSA) is 64.1 Å². The predicted octanol–water partition coefficient (Wildman–Crippen LogP) is 4.66. The molecular weight excluding hydrogens is 526 g/mol. The van der Waals surface area contributed by atoms with Gasteiger partial charge in [0.15, 0.2) is 24.1 Å². The van der Waals surface area contributed by atoms with Crippen LogP contribution in [-0.2, 0) is 11.3 Å². The van der Waals surface area contributed by atoms with E-state index in [0.717, 1.165) is 25.1 Å². The van der Waals surface area contributed by atoms with Crippen LogP contribution in [-0.4, -0.2) is 52.2 Å². The van der Waals surface area contributed by atoms with Crippen molar-refractivity contribution in [3.8, 4) is 11.5 Å². The maximum Gasteiger partial charge on any atom is 0.422 e. The molecule has 1 aliphatic rings. The molecule has 1 aromatic rings. The summed E-state index contributed by atoms with van der Waals surface area (Å²) in [6.07, 6.45) is 3.08. The molecule has 0 spiro atoms. The van der Waals surface area contributed by atoms with Crippen LogP contribution in [0.15, 0.2) is 23.2 Å². The van der Waals surface area contributed by atoms with Gasteiger partial charge in [0.2, 0.25) is 0 Å². The van der Waals surface area contributed by atoms with E-state index in [0.29, 0.717) is 18.6 Å². The highest BCUT2D eigenvalue weighted by Gasteiger charge is 2.29. The second kappa shape index (κ2) is 14.6. The first-order chi connectivity index (χ1) is 14.4. The second-order valence-corrected chi connectivity index (χ2v) is 7.23. The highest BCUT2D eigenvalue weighted by Crippen LogP contribution is 2.29. The van der Waals surface area contributed by atoms with Crippen LogP contribution in [0.5, 0.6) is 11.5 Å². The zero-order valence-electron chi connectivity index (χ0n) is 18.1. The smallest absolute Gasteiger partial charge is 0.422 e. The number of hydrogen-bond acceptors (Lipinski definition) is 4. The summed E-state index contributed by atoms with van der Waals surface area (Å²) >= 11 is 0. The summed E-state index contributed by atoms with van der Waals surface area (Å²) in [5.74, 6) is 0.949. The fourth-order valence-electron chi connectivity index (χ4n) is 3.27. The lowest BCUT2D eigenvalue weighted by atomic mass is 9.98. The van der Waals surface area contributed by atoms with Gasteiger partial charge in [0, 0.05) is 26.7 Å². The zero-order chi connectivity index (χ0) is 21.8. The van der Waals surface area contributed by atoms with Crippen LogP contribution in [0, 0.1) is 0 Å². The summed E-state index contributed by atoms with van der Waals surface area (Å²) in [7, 11) is 3.07. The van der Waals surface area contributed by atoms with E-state index in [2.05, 4.69) is 15.6 Å². The SMILES string of the molecule is CN=C(NCCCOC1CCCCC1)NCc1ccc(OCC(F)(F)F)c(OC)c1.I. The number of alkyl halides is 3. The summed E-state index contributed by atoms with van der Waals surface area (Å²) in [5.41, 5.74) is 0.829. The predicted molar refractivity (Wildman–Crippen MR) is 126 cm³/mol. The third-order valence-electron chi connectivity index (χ3n) is 4.82. The number of methoxy groups -OCH3 is 1. The molecule has 0 saturated heterocycles. The number of aliphatic imine (C=N–C) groups is 1. The average Bonchev–Trinajstić information content (AvgIpc) is 2.74. The Bertz CT molecular complexity index is 669. The molecule has 0 aliphatic heterocycles. The van der Waals surface area contributed by atoms with Crippen molar-refractivity contribution in [1.29, 1.82) is 0 Å². The van der Waals surface area contributed by atoms with Crippen molar-refractivity contribution in [3.05, 3.63) is 23.8 Å². The first-order valence-corrected chi connectivity index (χ1v) is 10.3. The van der Waals surface area contributed by atoms with Gasteiger partial charge in [-0.25, -0.2) is 0 Å². The Morgan fingerprint density at radius 1 is 1.13 bits per heavy atom. The van der Waals surface area contributed by atoms with E-state index in [1.807, 2.05) is 0 Å². The van der Waals surface area contributed by atoms with Crippen LogP contribution in [0.3, 0.4) is 0 Å². The normalized spacial score (nSPS) is 15.2. The Kier molecular flexibility index (Phi) is 13.0. The minimum Gasteiger partial charge on any atom is -0.493 e. The quantitative estimate of drug-likeness (QED) is 0.189. The van der Waals surface area contributed by atoms with E-state index < -0.39 is 12.8 Å². The molecule has 178 valence electrons. The molecule has 0 radical (unpaired) electrons. The van der Waals surface area contributed by atoms with Crippen molar-refractivity contribution in [2.45, 2.75) is 57.3 Å². The first-order valence-electron chi connectivity index (χ1n) is 10.3. The van der Waals surface area contributed by atoms with Crippen LogP contribution < -0.4 is 20.1 Å². The molecule has 1 saturated carbocycles. The number of hydrogen-bond donors (Lipinski definition) is 2. The lowest BCUT2D eigenvalue weighted by Crippen LogP contribution is -2.37. The Labute approximate surface area is 199 Å². The first kappa shape index (κ1) is 27.6. The summed E-state index contributed by atoms with van der Waals surface area (Å²) < 4.78 is 52.9. The van der Waals surface area contributed by atoms with Crippen LogP contribution in [0.2, 0.25) is 0 Å². The molecule has 2 N–H and O–H groups in total. The van der Waals surface area contributed by atoms with Crippen LogP contribution in [0.25, 0.3) is 0 Å². The Hall–Kier alpha value is -1.43. The molecule has 0 amide bonds. The Balaban J connectivity index is 0.00000480. The highest BCUT2D eigenvalue weighted by molar-refractivity contribution is 14.0. The number of nitrogens with one attached hydrogen (secondary N) is 2. The van der Waals surface area contributed by atoms with Crippen LogP contribution in [0.4, 0.5) is 13.2 Å². The number of guanidine groups is 1. The zero-order valence-corrected chi connectivity index (χ0v) is 20.4. The van der Waals surface area contributed by atoms with Gasteiger partial charge in [-0.15, -0.1) is 24.0 Å². The summed E-state index contributed by atoms with van der Waals surface area (Å²) in [6.45, 7) is 0.543. The number of ether oxygens (including phenoxy) is 3. The van der Waals surface area contributed by atoms with Gasteiger partial charge < -0.3 is 24.8 Å². The van der Waals surface area contributed by atoms with Gasteiger partial charge in [0.1, 0.15) is 0 Å². The Morgan fingerprint density at radius 2 is 1.87 bits per heavy atom. The molecule has 31 heavy (non-hydrogen) atoms. The minimum atomic E-state index is -4.40. The molecule has 6 nitrogen and oxygen atoms in total. The van der Waals surface area contributed by atoms with Gasteiger partial charge in [-0.1, -0.05) is 25.3 Å². The standard InChI is InChI=1S/C21H32F3N3O3.HI/c1-25-20(26-11-6-12-29-17-7-4-3-5-8-17)27-14-16-9-10-18(19(13-16)28-2)30-15-21(22,23)24;/h9-10,13,17H,3-8,11-12,14-15H2,1-2H3,(H2,25,26,27);1H. The van der Waals surface area contributed by atoms with E-state index in [9.17, 15) is 13.2 Å². The van der Waals surface area contributed by atoms with E-state index in [1.54, 1.807) is 19.2 Å². The van der Waals surface area contributed by atoms with Gasteiger partial charge >= 0.3 is 6.18 Å². The van der Waals surface area contributed by atoms with Crippen molar-refractivity contribution in [2.24, 2.45) is 4.99 Å². The lowest BCUT2D eigenvalue weighted by Gasteiger charge is -2.22. The molecule has 0 aromatic heterocycles. The number of halogens is 4. The van der Waals surface area contributed by atoms with Gasteiger partial charge in [0.05, 0.1) is 13.2 Å². The molecule has 0 bridgehead atoms. The number of nitrogens with zero attached hydrogens (tertiary/aromatic N) is 1. The van der Waals surface area contributed by atoms with Crippen molar-refractivity contribution < 1.29 is 27.4 Å². The van der Waals surface area contributed by atoms with E-state index in [1.165, 1.54) is 45.3 Å². The molecule has 2 rings (SSSR count). The molecule has 1 aromatic carbocycles. The monoisotopic (exact) mass is 559 g/mol. The minimum absolute atomic E-state index is 0. The van der Waals surface area contributed by atoms with Gasteiger partial charge in [-0.05, 0) is 37.0 Å². The van der Waals surface area contributed by atoms with Crippen LogP contribution >= 0.6 is 24.0 Å². The molecule has 0 atom stereocenters. The van der Waals surface area contributed by atoms with Crippen molar-refractivity contribution in [1.82, 2.24) is 10.6 Å². The molecule has 10 heteroatoms. The molecule has 0 unspecified atom stereocenters. The lowest BCUT2D eigenvalue weighted by molar-refractivity contribution is -0.153. The highest BCUT2D eigenvalue weighted by atomic mass is 127. The summed E-state index contributed by atoms with van der Waals surface area (Å²) in [4.78, 5) is 4.18. The number of benzene rings is 1. The molecule has 0 heterocycles. The van der Waals surface area contributed by atoms with E-state index in [-0.39, 0.29) is 35.5 Å². The fraction of sp³-hybridized carbons (Fsp3) is 0.667. The van der Waals surface area contributed by atoms with Crippen molar-refractivity contribution in [2.75, 3.05) is 33.9 Å². The molecule has 1 aliphatic carbocycles. The van der Waals surface area contributed by atoms with Crippen molar-refractivity contribution >= 4 is 29.9 Å². The van der Waals surface area contributed by atoms with Gasteiger partial charge in [0.25, 0.3) is 0 Å². The van der Waals surface area contributed by atoms with E-state index in [4.69, 9.17) is 14.2 Å². The van der Waals surface area contributed by atoms with Gasteiger partial charge in [-0.3, -0.25) is 4.99 Å². The maximum atomic E-state index is 12.3. The third-order valence-corrected chi connectivity index (χ3v) is 4.82. The maximum absolute atomic E-state index is 12.3. The summed E-state index contributed by atoms with van der Waals surface area (Å²) in [6, 6.07) is 4.80. The molecular formula is C21H33F3IN3O3. The van der Waals surface area contributed by atoms with Crippen LogP contribution in [0.1, 0.15) is 44.1 Å². The molecule has 1 fully saturated rings. The Morgan fingerprint density at radius 3 is 2.52 bits per heavy atom. The third kappa shape index (κ3) is 11.1. The van der Waals surface area contributed by atoms with Crippen molar-refractivity contribution in [3.63, 3.8) is 0 Å². The number of rotatable bonds is 10. The van der Waals surface area contributed by atoms with Gasteiger partial charge in [-0.2, -0.15) is 13.2 Å². The second-order valence-electron chi connectivity index (χ2n) is 7.23. The average molecular weight is 559 g/mol.